The number of anilines is 1. The Morgan fingerprint density at radius 3 is 2.68 bits per heavy atom. The van der Waals surface area contributed by atoms with E-state index in [1.807, 2.05) is 37.1 Å². The second kappa shape index (κ2) is 5.65. The highest BCUT2D eigenvalue weighted by Crippen LogP contribution is 2.20. The van der Waals surface area contributed by atoms with Crippen LogP contribution < -0.4 is 4.90 Å². The van der Waals surface area contributed by atoms with E-state index < -0.39 is 5.92 Å². The van der Waals surface area contributed by atoms with Crippen LogP contribution in [0, 0.1) is 0 Å². The quantitative estimate of drug-likeness (QED) is 0.772. The van der Waals surface area contributed by atoms with Gasteiger partial charge in [0.15, 0.2) is 5.78 Å². The first-order valence-electron chi connectivity index (χ1n) is 6.27. The summed E-state index contributed by atoms with van der Waals surface area (Å²) in [4.78, 5) is 18.4. The summed E-state index contributed by atoms with van der Waals surface area (Å²) >= 11 is 0. The first-order valence-corrected chi connectivity index (χ1v) is 6.27. The molecule has 0 spiro atoms. The van der Waals surface area contributed by atoms with Gasteiger partial charge in [0, 0.05) is 19.2 Å². The molecule has 1 heterocycles. The highest BCUT2D eigenvalue weighted by Gasteiger charge is 2.23. The third kappa shape index (κ3) is 2.81. The molecule has 0 N–H and O–H groups in total. The van der Waals surface area contributed by atoms with Gasteiger partial charge in [-0.3, -0.25) is 4.79 Å². The summed E-state index contributed by atoms with van der Waals surface area (Å²) in [6.07, 6.45) is 0. The Morgan fingerprint density at radius 2 is 2.05 bits per heavy atom. The second-order valence-electron chi connectivity index (χ2n) is 4.40. The number of aromatic nitrogens is 2. The van der Waals surface area contributed by atoms with Gasteiger partial charge in [-0.25, -0.2) is 0 Å². The highest BCUT2D eigenvalue weighted by molar-refractivity contribution is 6.00. The zero-order valence-electron chi connectivity index (χ0n) is 11.3. The number of Topliss-reactive ketones (excluding diaryl/α,β-unsaturated/α-hetero) is 1. The van der Waals surface area contributed by atoms with E-state index in [0.717, 1.165) is 6.54 Å². The van der Waals surface area contributed by atoms with Crippen LogP contribution in [-0.4, -0.2) is 29.5 Å². The largest absolute Gasteiger partial charge is 0.342 e. The van der Waals surface area contributed by atoms with E-state index in [2.05, 4.69) is 10.1 Å². The fraction of sp³-hybridized carbons (Fsp3) is 0.357. The third-order valence-electron chi connectivity index (χ3n) is 3.07. The molecule has 1 unspecified atom stereocenters. The van der Waals surface area contributed by atoms with Crippen molar-refractivity contribution in [2.75, 3.05) is 18.5 Å². The van der Waals surface area contributed by atoms with Gasteiger partial charge in [-0.05, 0) is 19.0 Å². The van der Waals surface area contributed by atoms with Crippen molar-refractivity contribution in [1.82, 2.24) is 10.1 Å². The van der Waals surface area contributed by atoms with Crippen LogP contribution in [-0.2, 0) is 0 Å². The smallest absolute Gasteiger partial charge is 0.265 e. The first-order chi connectivity index (χ1) is 9.13. The molecule has 0 saturated heterocycles. The Morgan fingerprint density at radius 1 is 1.37 bits per heavy atom. The number of hydrogen-bond donors (Lipinski definition) is 0. The Labute approximate surface area is 112 Å². The Hall–Kier alpha value is -2.17. The maximum Gasteiger partial charge on any atom is 0.265 e. The van der Waals surface area contributed by atoms with Crippen molar-refractivity contribution >= 4 is 11.7 Å². The average molecular weight is 259 g/mol. The van der Waals surface area contributed by atoms with E-state index in [4.69, 9.17) is 4.52 Å². The number of ketones is 1. The molecule has 5 nitrogen and oxygen atoms in total. The van der Waals surface area contributed by atoms with Crippen LogP contribution >= 0.6 is 0 Å². The Kier molecular flexibility index (Phi) is 3.94. The third-order valence-corrected chi connectivity index (χ3v) is 3.07. The topological polar surface area (TPSA) is 59.2 Å². The predicted molar refractivity (Wildman–Crippen MR) is 72.4 cm³/mol. The molecule has 1 aromatic carbocycles. The first kappa shape index (κ1) is 13.3. The van der Waals surface area contributed by atoms with Gasteiger partial charge in [0.25, 0.3) is 5.95 Å². The standard InChI is InChI=1S/C14H17N3O2/c1-4-17(3)14-15-13(19-16-14)10(2)12(18)11-8-6-5-7-9-11/h5-10H,4H2,1-3H3. The molecule has 0 saturated carbocycles. The molecule has 0 aliphatic rings. The van der Waals surface area contributed by atoms with E-state index in [0.29, 0.717) is 17.4 Å². The number of rotatable bonds is 5. The lowest BCUT2D eigenvalue weighted by atomic mass is 9.99. The number of nitrogens with zero attached hydrogens (tertiary/aromatic N) is 3. The fourth-order valence-electron chi connectivity index (χ4n) is 1.66. The molecule has 5 heteroatoms. The molecule has 0 aliphatic carbocycles. The van der Waals surface area contributed by atoms with Crippen LogP contribution in [0.15, 0.2) is 34.9 Å². The van der Waals surface area contributed by atoms with Gasteiger partial charge in [-0.2, -0.15) is 4.98 Å². The van der Waals surface area contributed by atoms with Gasteiger partial charge < -0.3 is 9.42 Å². The van der Waals surface area contributed by atoms with Gasteiger partial charge in [-0.15, -0.1) is 0 Å². The Bertz CT molecular complexity index is 551. The molecular weight excluding hydrogens is 242 g/mol. The predicted octanol–water partition coefficient (Wildman–Crippen LogP) is 2.51. The lowest BCUT2D eigenvalue weighted by Crippen LogP contribution is -2.17. The van der Waals surface area contributed by atoms with Crippen molar-refractivity contribution in [1.29, 1.82) is 0 Å². The normalized spacial score (nSPS) is 12.2. The lowest BCUT2D eigenvalue weighted by Gasteiger charge is -2.09. The van der Waals surface area contributed by atoms with E-state index in [1.54, 1.807) is 19.1 Å². The molecule has 0 aliphatic heterocycles. The fourth-order valence-corrected chi connectivity index (χ4v) is 1.66. The maximum absolute atomic E-state index is 12.3. The van der Waals surface area contributed by atoms with Crippen molar-refractivity contribution in [3.8, 4) is 0 Å². The minimum Gasteiger partial charge on any atom is -0.342 e. The van der Waals surface area contributed by atoms with E-state index >= 15 is 0 Å². The van der Waals surface area contributed by atoms with Crippen LogP contribution in [0.1, 0.15) is 36.0 Å². The summed E-state index contributed by atoms with van der Waals surface area (Å²) in [5.74, 6) is 0.401. The zero-order chi connectivity index (χ0) is 13.8. The highest BCUT2D eigenvalue weighted by atomic mass is 16.5. The molecule has 0 fully saturated rings. The van der Waals surface area contributed by atoms with Gasteiger partial charge >= 0.3 is 0 Å². The lowest BCUT2D eigenvalue weighted by molar-refractivity contribution is 0.0951. The van der Waals surface area contributed by atoms with Crippen LogP contribution in [0.3, 0.4) is 0 Å². The summed E-state index contributed by atoms with van der Waals surface area (Å²) in [5.41, 5.74) is 0.651. The summed E-state index contributed by atoms with van der Waals surface area (Å²) < 4.78 is 5.17. The van der Waals surface area contributed by atoms with Gasteiger partial charge in [0.1, 0.15) is 0 Å². The Balaban J connectivity index is 2.18. The van der Waals surface area contributed by atoms with Crippen molar-refractivity contribution in [3.63, 3.8) is 0 Å². The van der Waals surface area contributed by atoms with E-state index in [-0.39, 0.29) is 5.78 Å². The van der Waals surface area contributed by atoms with Crippen LogP contribution in [0.2, 0.25) is 0 Å². The molecule has 2 rings (SSSR count). The van der Waals surface area contributed by atoms with Gasteiger partial charge in [-0.1, -0.05) is 30.3 Å². The van der Waals surface area contributed by atoms with Gasteiger partial charge in [0.05, 0.1) is 5.92 Å². The molecule has 0 radical (unpaired) electrons. The van der Waals surface area contributed by atoms with Crippen molar-refractivity contribution in [2.45, 2.75) is 19.8 Å². The number of carbonyl (C=O) groups excluding carboxylic acids is 1. The van der Waals surface area contributed by atoms with Crippen LogP contribution in [0.25, 0.3) is 0 Å². The number of hydrogen-bond acceptors (Lipinski definition) is 5. The number of carbonyl (C=O) groups is 1. The van der Waals surface area contributed by atoms with Crippen LogP contribution in [0.5, 0.6) is 0 Å². The molecule has 19 heavy (non-hydrogen) atoms. The summed E-state index contributed by atoms with van der Waals surface area (Å²) in [6, 6.07) is 9.12. The molecule has 2 aromatic rings. The van der Waals surface area contributed by atoms with Crippen molar-refractivity contribution in [2.24, 2.45) is 0 Å². The minimum absolute atomic E-state index is 0.0186. The van der Waals surface area contributed by atoms with Crippen molar-refractivity contribution < 1.29 is 9.32 Å². The monoisotopic (exact) mass is 259 g/mol. The molecule has 0 bridgehead atoms. The average Bonchev–Trinajstić information content (AvgIpc) is 2.95. The molecule has 1 atom stereocenters. The second-order valence-corrected chi connectivity index (χ2v) is 4.40. The van der Waals surface area contributed by atoms with Crippen molar-refractivity contribution in [3.05, 3.63) is 41.8 Å². The molecular formula is C14H17N3O2. The summed E-state index contributed by atoms with van der Waals surface area (Å²) in [5, 5.41) is 3.87. The molecule has 100 valence electrons. The summed E-state index contributed by atoms with van der Waals surface area (Å²) in [6.45, 7) is 4.55. The van der Waals surface area contributed by atoms with E-state index in [9.17, 15) is 4.79 Å². The maximum atomic E-state index is 12.3. The van der Waals surface area contributed by atoms with Gasteiger partial charge in [0.2, 0.25) is 5.89 Å². The minimum atomic E-state index is -0.436. The zero-order valence-corrected chi connectivity index (χ0v) is 11.3. The molecule has 1 aromatic heterocycles. The molecule has 0 amide bonds. The van der Waals surface area contributed by atoms with E-state index in [1.165, 1.54) is 0 Å². The number of benzene rings is 1. The summed E-state index contributed by atoms with van der Waals surface area (Å²) in [7, 11) is 1.87. The van der Waals surface area contributed by atoms with Crippen LogP contribution in [0.4, 0.5) is 5.95 Å². The SMILES string of the molecule is CCN(C)c1noc(C(C)C(=O)c2ccccc2)n1.